The first-order valence-electron chi connectivity index (χ1n) is 9.37. The van der Waals surface area contributed by atoms with Crippen molar-refractivity contribution in [2.75, 3.05) is 5.32 Å². The maximum Gasteiger partial charge on any atom is 0.262 e. The Morgan fingerprint density at radius 3 is 2.14 bits per heavy atom. The highest BCUT2D eigenvalue weighted by Crippen LogP contribution is 2.27. The predicted molar refractivity (Wildman–Crippen MR) is 122 cm³/mol. The van der Waals surface area contributed by atoms with Gasteiger partial charge in [0.1, 0.15) is 6.04 Å². The van der Waals surface area contributed by atoms with Crippen molar-refractivity contribution in [3.63, 3.8) is 0 Å². The van der Waals surface area contributed by atoms with Crippen molar-refractivity contribution >= 4 is 51.0 Å². The van der Waals surface area contributed by atoms with Gasteiger partial charge in [-0.3, -0.25) is 4.79 Å². The van der Waals surface area contributed by atoms with E-state index in [0.29, 0.717) is 5.02 Å². The van der Waals surface area contributed by atoms with Gasteiger partial charge in [0.25, 0.3) is 5.91 Å². The lowest BCUT2D eigenvalue weighted by Crippen LogP contribution is -2.34. The molecule has 0 aromatic heterocycles. The quantitative estimate of drug-likeness (QED) is 0.260. The van der Waals surface area contributed by atoms with Crippen LogP contribution >= 0.6 is 11.6 Å². The summed E-state index contributed by atoms with van der Waals surface area (Å²) in [6, 6.07) is 25.3. The Hall–Kier alpha value is -3.37. The number of benzene rings is 4. The number of anilines is 1. The summed E-state index contributed by atoms with van der Waals surface area (Å²) in [6.07, 6.45) is 1.72. The summed E-state index contributed by atoms with van der Waals surface area (Å²) in [7, 11) is 0. The minimum Gasteiger partial charge on any atom is -0.374 e. The number of rotatable bonds is 5. The highest BCUT2D eigenvalue weighted by Gasteiger charge is 2.12. The third kappa shape index (κ3) is 4.23. The molecule has 0 heterocycles. The normalized spacial score (nSPS) is 12.3. The average Bonchev–Trinajstić information content (AvgIpc) is 2.74. The van der Waals surface area contributed by atoms with E-state index in [4.69, 9.17) is 11.6 Å². The van der Waals surface area contributed by atoms with Crippen LogP contribution < -0.4 is 10.7 Å². The molecular weight excluding hydrogens is 382 g/mol. The van der Waals surface area contributed by atoms with Gasteiger partial charge >= 0.3 is 0 Å². The van der Waals surface area contributed by atoms with E-state index in [9.17, 15) is 4.79 Å². The molecule has 1 amide bonds. The number of hydrazone groups is 1. The Kier molecular flexibility index (Phi) is 5.45. The highest BCUT2D eigenvalue weighted by molar-refractivity contribution is 6.30. The first-order chi connectivity index (χ1) is 14.1. The Balaban J connectivity index is 1.54. The Bertz CT molecular complexity index is 1150. The van der Waals surface area contributed by atoms with E-state index in [-0.39, 0.29) is 5.91 Å². The smallest absolute Gasteiger partial charge is 0.262 e. The first-order valence-corrected chi connectivity index (χ1v) is 9.75. The van der Waals surface area contributed by atoms with Gasteiger partial charge in [0.2, 0.25) is 0 Å². The zero-order chi connectivity index (χ0) is 20.2. The maximum atomic E-state index is 12.4. The maximum absolute atomic E-state index is 12.4. The molecule has 0 unspecified atom stereocenters. The number of fused-ring (bicyclic) bond motifs is 2. The molecule has 0 radical (unpaired) electrons. The van der Waals surface area contributed by atoms with Gasteiger partial charge in [-0.2, -0.15) is 5.10 Å². The molecule has 4 aromatic rings. The van der Waals surface area contributed by atoms with Gasteiger partial charge in [0.15, 0.2) is 0 Å². The van der Waals surface area contributed by atoms with Crippen LogP contribution in [0.5, 0.6) is 0 Å². The van der Waals surface area contributed by atoms with E-state index < -0.39 is 6.04 Å². The van der Waals surface area contributed by atoms with E-state index in [1.165, 1.54) is 0 Å². The SMILES string of the molecule is C[C@H](Nc1ccc(Cl)cc1)C(=O)N/N=C\c1c2ccccc2cc2ccccc12. The molecule has 2 N–H and O–H groups in total. The second-order valence-electron chi connectivity index (χ2n) is 6.84. The van der Waals surface area contributed by atoms with Gasteiger partial charge in [0.05, 0.1) is 6.21 Å². The van der Waals surface area contributed by atoms with Gasteiger partial charge in [-0.25, -0.2) is 5.43 Å². The number of carbonyl (C=O) groups excluding carboxylic acids is 1. The molecule has 1 atom stereocenters. The first kappa shape index (κ1) is 19.0. The number of hydrogen-bond acceptors (Lipinski definition) is 3. The third-order valence-corrected chi connectivity index (χ3v) is 5.05. The number of nitrogens with one attached hydrogen (secondary N) is 2. The van der Waals surface area contributed by atoms with Crippen molar-refractivity contribution in [3.8, 4) is 0 Å². The van der Waals surface area contributed by atoms with Crippen molar-refractivity contribution < 1.29 is 4.79 Å². The lowest BCUT2D eigenvalue weighted by Gasteiger charge is -2.13. The number of hydrogen-bond donors (Lipinski definition) is 2. The minimum absolute atomic E-state index is 0.222. The molecule has 0 aliphatic heterocycles. The molecule has 144 valence electrons. The van der Waals surface area contributed by atoms with Crippen LogP contribution in [0, 0.1) is 0 Å². The van der Waals surface area contributed by atoms with Crippen LogP contribution in [0.4, 0.5) is 5.69 Å². The Morgan fingerprint density at radius 1 is 0.931 bits per heavy atom. The summed E-state index contributed by atoms with van der Waals surface area (Å²) in [5.74, 6) is -0.222. The molecule has 29 heavy (non-hydrogen) atoms. The van der Waals surface area contributed by atoms with Gasteiger partial charge < -0.3 is 5.32 Å². The fraction of sp³-hybridized carbons (Fsp3) is 0.0833. The topological polar surface area (TPSA) is 53.5 Å². The fourth-order valence-corrected chi connectivity index (χ4v) is 3.43. The molecule has 0 fully saturated rings. The second-order valence-corrected chi connectivity index (χ2v) is 7.28. The molecule has 0 bridgehead atoms. The van der Waals surface area contributed by atoms with Gasteiger partial charge in [-0.05, 0) is 58.8 Å². The number of nitrogens with zero attached hydrogens (tertiary/aromatic N) is 1. The van der Waals surface area contributed by atoms with Crippen LogP contribution in [0.3, 0.4) is 0 Å². The average molecular weight is 402 g/mol. The van der Waals surface area contributed by atoms with Crippen LogP contribution in [0.1, 0.15) is 12.5 Å². The largest absolute Gasteiger partial charge is 0.374 e. The third-order valence-electron chi connectivity index (χ3n) is 4.80. The van der Waals surface area contributed by atoms with Crippen molar-refractivity contribution in [1.82, 2.24) is 5.43 Å². The highest BCUT2D eigenvalue weighted by atomic mass is 35.5. The summed E-state index contributed by atoms with van der Waals surface area (Å²) in [4.78, 5) is 12.4. The van der Waals surface area contributed by atoms with E-state index in [0.717, 1.165) is 32.8 Å². The minimum atomic E-state index is -0.447. The molecule has 0 aliphatic carbocycles. The van der Waals surface area contributed by atoms with Crippen LogP contribution in [-0.2, 0) is 4.79 Å². The van der Waals surface area contributed by atoms with Crippen molar-refractivity contribution in [3.05, 3.63) is 89.4 Å². The lowest BCUT2D eigenvalue weighted by atomic mass is 9.97. The zero-order valence-corrected chi connectivity index (χ0v) is 16.6. The number of carbonyl (C=O) groups is 1. The zero-order valence-electron chi connectivity index (χ0n) is 15.9. The van der Waals surface area contributed by atoms with Crippen LogP contribution in [0.15, 0.2) is 84.0 Å². The summed E-state index contributed by atoms with van der Waals surface area (Å²) >= 11 is 5.89. The molecule has 4 rings (SSSR count). The molecular formula is C24H20ClN3O. The van der Waals surface area contributed by atoms with Crippen molar-refractivity contribution in [1.29, 1.82) is 0 Å². The molecule has 0 spiro atoms. The summed E-state index contributed by atoms with van der Waals surface area (Å²) in [6.45, 7) is 1.78. The molecule has 5 heteroatoms. The molecule has 0 saturated heterocycles. The fourth-order valence-electron chi connectivity index (χ4n) is 3.31. The molecule has 0 saturated carbocycles. The standard InChI is InChI=1S/C24H20ClN3O/c1-16(27-20-12-10-19(25)11-13-20)24(29)28-26-15-23-21-8-4-2-6-17(21)14-18-7-3-5-9-22(18)23/h2-16,27H,1H3,(H,28,29)/b26-15-/t16-/m0/s1. The summed E-state index contributed by atoms with van der Waals surface area (Å²) in [5.41, 5.74) is 4.44. The second kappa shape index (κ2) is 8.33. The number of amides is 1. The molecule has 0 aliphatic rings. The van der Waals surface area contributed by atoms with Gasteiger partial charge in [0, 0.05) is 16.3 Å². The lowest BCUT2D eigenvalue weighted by molar-refractivity contribution is -0.121. The Labute approximate surface area is 174 Å². The van der Waals surface area contributed by atoms with Crippen LogP contribution in [-0.4, -0.2) is 18.2 Å². The van der Waals surface area contributed by atoms with Crippen molar-refractivity contribution in [2.45, 2.75) is 13.0 Å². The van der Waals surface area contributed by atoms with E-state index in [1.807, 2.05) is 36.4 Å². The number of halogens is 1. The van der Waals surface area contributed by atoms with Crippen LogP contribution in [0.2, 0.25) is 5.02 Å². The molecule has 4 aromatic carbocycles. The Morgan fingerprint density at radius 2 is 1.52 bits per heavy atom. The van der Waals surface area contributed by atoms with E-state index in [1.54, 1.807) is 25.3 Å². The summed E-state index contributed by atoms with van der Waals surface area (Å²) in [5, 5.41) is 12.5. The van der Waals surface area contributed by atoms with Crippen molar-refractivity contribution in [2.24, 2.45) is 5.10 Å². The van der Waals surface area contributed by atoms with E-state index >= 15 is 0 Å². The molecule has 4 nitrogen and oxygen atoms in total. The summed E-state index contributed by atoms with van der Waals surface area (Å²) < 4.78 is 0. The van der Waals surface area contributed by atoms with Gasteiger partial charge in [-0.1, -0.05) is 60.1 Å². The monoisotopic (exact) mass is 401 g/mol. The van der Waals surface area contributed by atoms with Gasteiger partial charge in [-0.15, -0.1) is 0 Å². The van der Waals surface area contributed by atoms with E-state index in [2.05, 4.69) is 46.2 Å². The predicted octanol–water partition coefficient (Wildman–Crippen LogP) is 5.60. The van der Waals surface area contributed by atoms with Crippen LogP contribution in [0.25, 0.3) is 21.5 Å².